The molecule has 0 saturated carbocycles. The second kappa shape index (κ2) is 9.77. The van der Waals surface area contributed by atoms with Gasteiger partial charge < -0.3 is 25.2 Å². The van der Waals surface area contributed by atoms with Gasteiger partial charge >= 0.3 is 0 Å². The Balaban J connectivity index is 2.42. The molecule has 0 aliphatic rings. The van der Waals surface area contributed by atoms with E-state index in [-0.39, 0.29) is 10.8 Å². The SMILES string of the molecule is C[C@@H](O)[C@@H](O)[C@H](O)[C@H](O)/C=N\NC(=O)COc1ccc(Cl)cc1Cl. The summed E-state index contributed by atoms with van der Waals surface area (Å²) in [5.74, 6) is -0.384. The van der Waals surface area contributed by atoms with Crippen molar-refractivity contribution in [3.8, 4) is 5.75 Å². The van der Waals surface area contributed by atoms with Gasteiger partial charge in [-0.15, -0.1) is 0 Å². The predicted octanol–water partition coefficient (Wildman–Crippen LogP) is -0.0623. The number of nitrogens with zero attached hydrogens (tertiary/aromatic N) is 1. The van der Waals surface area contributed by atoms with Crippen LogP contribution in [0.3, 0.4) is 0 Å². The van der Waals surface area contributed by atoms with Crippen molar-refractivity contribution >= 4 is 35.3 Å². The van der Waals surface area contributed by atoms with Crippen molar-refractivity contribution in [1.29, 1.82) is 0 Å². The van der Waals surface area contributed by atoms with Gasteiger partial charge in [0.25, 0.3) is 5.91 Å². The van der Waals surface area contributed by atoms with Crippen LogP contribution in [0.5, 0.6) is 5.75 Å². The fourth-order valence-corrected chi connectivity index (χ4v) is 1.99. The first-order valence-electron chi connectivity index (χ1n) is 6.84. The molecular weight excluding hydrogens is 363 g/mol. The maximum atomic E-state index is 11.5. The number of carbonyl (C=O) groups excluding carboxylic acids is 1. The first kappa shape index (κ1) is 20.6. The van der Waals surface area contributed by atoms with Gasteiger partial charge in [-0.1, -0.05) is 23.2 Å². The van der Waals surface area contributed by atoms with E-state index in [4.69, 9.17) is 33.0 Å². The predicted molar refractivity (Wildman–Crippen MR) is 88.3 cm³/mol. The Morgan fingerprint density at radius 3 is 2.54 bits per heavy atom. The van der Waals surface area contributed by atoms with Gasteiger partial charge in [0.2, 0.25) is 0 Å². The van der Waals surface area contributed by atoms with E-state index in [1.165, 1.54) is 19.1 Å². The van der Waals surface area contributed by atoms with Crippen molar-refractivity contribution in [3.05, 3.63) is 28.2 Å². The molecule has 0 bridgehead atoms. The monoisotopic (exact) mass is 380 g/mol. The minimum Gasteiger partial charge on any atom is -0.482 e. The van der Waals surface area contributed by atoms with E-state index < -0.39 is 36.9 Å². The van der Waals surface area contributed by atoms with Crippen LogP contribution in [0.2, 0.25) is 10.0 Å². The molecule has 10 heteroatoms. The maximum absolute atomic E-state index is 11.5. The van der Waals surface area contributed by atoms with Crippen molar-refractivity contribution < 1.29 is 30.0 Å². The summed E-state index contributed by atoms with van der Waals surface area (Å²) in [7, 11) is 0. The van der Waals surface area contributed by atoms with Crippen LogP contribution in [-0.4, -0.2) is 63.6 Å². The Morgan fingerprint density at radius 1 is 1.29 bits per heavy atom. The summed E-state index contributed by atoms with van der Waals surface area (Å²) < 4.78 is 5.17. The van der Waals surface area contributed by atoms with Crippen molar-refractivity contribution in [2.24, 2.45) is 5.10 Å². The number of hydrogen-bond acceptors (Lipinski definition) is 7. The molecule has 0 aliphatic heterocycles. The molecular formula is C14H18Cl2N2O6. The molecule has 4 atom stereocenters. The van der Waals surface area contributed by atoms with E-state index in [0.29, 0.717) is 5.02 Å². The van der Waals surface area contributed by atoms with E-state index in [0.717, 1.165) is 6.21 Å². The molecule has 1 amide bonds. The zero-order valence-electron chi connectivity index (χ0n) is 12.6. The van der Waals surface area contributed by atoms with Gasteiger partial charge in [0.15, 0.2) is 6.61 Å². The topological polar surface area (TPSA) is 132 Å². The van der Waals surface area contributed by atoms with Crippen LogP contribution >= 0.6 is 23.2 Å². The average molecular weight is 381 g/mol. The largest absolute Gasteiger partial charge is 0.482 e. The quantitative estimate of drug-likeness (QED) is 0.317. The first-order chi connectivity index (χ1) is 11.2. The highest BCUT2D eigenvalue weighted by Crippen LogP contribution is 2.27. The number of nitrogens with one attached hydrogen (secondary N) is 1. The summed E-state index contributed by atoms with van der Waals surface area (Å²) >= 11 is 11.6. The molecule has 8 nitrogen and oxygen atoms in total. The lowest BCUT2D eigenvalue weighted by Gasteiger charge is -2.22. The number of amides is 1. The number of rotatable bonds is 8. The zero-order valence-corrected chi connectivity index (χ0v) is 14.1. The number of ether oxygens (including phenoxy) is 1. The summed E-state index contributed by atoms with van der Waals surface area (Å²) in [5, 5.41) is 41.6. The van der Waals surface area contributed by atoms with Gasteiger partial charge in [-0.3, -0.25) is 4.79 Å². The van der Waals surface area contributed by atoms with Crippen LogP contribution in [-0.2, 0) is 4.79 Å². The molecule has 0 saturated heterocycles. The molecule has 5 N–H and O–H groups in total. The molecule has 0 spiro atoms. The molecule has 0 unspecified atom stereocenters. The van der Waals surface area contributed by atoms with Gasteiger partial charge in [0, 0.05) is 5.02 Å². The highest BCUT2D eigenvalue weighted by atomic mass is 35.5. The molecule has 0 fully saturated rings. The number of hydrogen-bond donors (Lipinski definition) is 5. The number of aliphatic hydroxyl groups is 4. The highest BCUT2D eigenvalue weighted by molar-refractivity contribution is 6.35. The molecule has 1 rings (SSSR count). The van der Waals surface area contributed by atoms with Gasteiger partial charge in [-0.25, -0.2) is 5.43 Å². The minimum atomic E-state index is -1.66. The highest BCUT2D eigenvalue weighted by Gasteiger charge is 2.27. The number of halogens is 2. The van der Waals surface area contributed by atoms with Gasteiger partial charge in [-0.2, -0.15) is 5.10 Å². The van der Waals surface area contributed by atoms with Crippen molar-refractivity contribution in [2.75, 3.05) is 6.61 Å². The summed E-state index contributed by atoms with van der Waals surface area (Å²) in [4.78, 5) is 11.5. The van der Waals surface area contributed by atoms with Crippen LogP contribution in [0.15, 0.2) is 23.3 Å². The number of benzene rings is 1. The Morgan fingerprint density at radius 2 is 1.96 bits per heavy atom. The molecule has 0 radical (unpaired) electrons. The normalized spacial score (nSPS) is 16.5. The maximum Gasteiger partial charge on any atom is 0.277 e. The van der Waals surface area contributed by atoms with E-state index in [1.54, 1.807) is 6.07 Å². The second-order valence-corrected chi connectivity index (χ2v) is 5.73. The zero-order chi connectivity index (χ0) is 18.3. The molecule has 134 valence electrons. The average Bonchev–Trinajstić information content (AvgIpc) is 2.52. The lowest BCUT2D eigenvalue weighted by molar-refractivity contribution is -0.123. The minimum absolute atomic E-state index is 0.240. The van der Waals surface area contributed by atoms with E-state index >= 15 is 0 Å². The van der Waals surface area contributed by atoms with Crippen LogP contribution in [0.4, 0.5) is 0 Å². The molecule has 0 aliphatic carbocycles. The molecule has 0 aromatic heterocycles. The summed E-state index contributed by atoms with van der Waals surface area (Å²) in [6.07, 6.45) is -5.23. The number of carbonyl (C=O) groups is 1. The third-order valence-electron chi connectivity index (χ3n) is 2.86. The van der Waals surface area contributed by atoms with Crippen molar-refractivity contribution in [2.45, 2.75) is 31.3 Å². The van der Waals surface area contributed by atoms with Crippen LogP contribution in [0.25, 0.3) is 0 Å². The summed E-state index contributed by atoms with van der Waals surface area (Å²) in [6, 6.07) is 4.50. The lowest BCUT2D eigenvalue weighted by atomic mass is 10.1. The molecule has 1 aromatic rings. The Kier molecular flexibility index (Phi) is 8.40. The van der Waals surface area contributed by atoms with E-state index in [1.807, 2.05) is 0 Å². The first-order valence-corrected chi connectivity index (χ1v) is 7.60. The van der Waals surface area contributed by atoms with Gasteiger partial charge in [0.05, 0.1) is 17.3 Å². The summed E-state index contributed by atoms with van der Waals surface area (Å²) in [6.45, 7) is 0.854. The summed E-state index contributed by atoms with van der Waals surface area (Å²) in [5.41, 5.74) is 2.06. The molecule has 0 heterocycles. The Bertz CT molecular complexity index is 584. The number of hydrazone groups is 1. The van der Waals surface area contributed by atoms with Gasteiger partial charge in [0.1, 0.15) is 24.1 Å². The smallest absolute Gasteiger partial charge is 0.277 e. The van der Waals surface area contributed by atoms with Crippen LogP contribution in [0, 0.1) is 0 Å². The lowest BCUT2D eigenvalue weighted by Crippen LogP contribution is -2.44. The second-order valence-electron chi connectivity index (χ2n) is 4.89. The number of aliphatic hydroxyl groups excluding tert-OH is 4. The van der Waals surface area contributed by atoms with E-state index in [2.05, 4.69) is 10.5 Å². The molecule has 1 aromatic carbocycles. The third-order valence-corrected chi connectivity index (χ3v) is 3.39. The van der Waals surface area contributed by atoms with Gasteiger partial charge in [-0.05, 0) is 25.1 Å². The van der Waals surface area contributed by atoms with E-state index in [9.17, 15) is 20.1 Å². The fraction of sp³-hybridized carbons (Fsp3) is 0.429. The molecule has 24 heavy (non-hydrogen) atoms. The Labute approximate surface area is 148 Å². The standard InChI is InChI=1S/C14H18Cl2N2O6/c1-7(19)13(22)14(23)10(20)5-17-18-12(21)6-24-11-3-2-8(15)4-9(11)16/h2-5,7,10,13-14,19-20,22-23H,6H2,1H3,(H,18,21)/b17-5-/t7-,10-,13-,14-/m1/s1. The van der Waals surface area contributed by atoms with Crippen molar-refractivity contribution in [1.82, 2.24) is 5.43 Å². The van der Waals surface area contributed by atoms with Crippen LogP contribution in [0.1, 0.15) is 6.92 Å². The van der Waals surface area contributed by atoms with Crippen LogP contribution < -0.4 is 10.2 Å². The van der Waals surface area contributed by atoms with Crippen molar-refractivity contribution in [3.63, 3.8) is 0 Å². The Hall–Kier alpha value is -1.42. The fourth-order valence-electron chi connectivity index (χ4n) is 1.53. The third kappa shape index (κ3) is 6.60.